The summed E-state index contributed by atoms with van der Waals surface area (Å²) in [6.45, 7) is 3.06. The molecule has 0 aliphatic heterocycles. The number of hydrogen-bond donors (Lipinski definition) is 1. The molecule has 2 aromatic rings. The van der Waals surface area contributed by atoms with Gasteiger partial charge in [0.2, 0.25) is 0 Å². The number of benzene rings is 1. The van der Waals surface area contributed by atoms with E-state index in [0.29, 0.717) is 0 Å². The Bertz CT molecular complexity index is 541. The number of fused-ring (bicyclic) bond motifs is 1. The highest BCUT2D eigenvalue weighted by molar-refractivity contribution is 5.97. The number of anilines is 1. The summed E-state index contributed by atoms with van der Waals surface area (Å²) >= 11 is 0. The van der Waals surface area contributed by atoms with Crippen molar-refractivity contribution in [1.82, 2.24) is 4.98 Å². The molecule has 0 fully saturated rings. The van der Waals surface area contributed by atoms with E-state index in [-0.39, 0.29) is 0 Å². The Hall–Kier alpha value is -1.97. The Balaban J connectivity index is 2.59. The van der Waals surface area contributed by atoms with Crippen LogP contribution in [0.3, 0.4) is 0 Å². The molecule has 1 aromatic heterocycles. The molecule has 0 aliphatic carbocycles. The van der Waals surface area contributed by atoms with Crippen molar-refractivity contribution in [3.8, 4) is 11.5 Å². The minimum Gasteiger partial charge on any atom is -0.497 e. The highest BCUT2D eigenvalue weighted by Gasteiger charge is 2.10. The largest absolute Gasteiger partial charge is 0.497 e. The molecule has 1 N–H and O–H groups in total. The van der Waals surface area contributed by atoms with Crippen molar-refractivity contribution >= 4 is 16.6 Å². The SMILES string of the molecule is CCCNc1ccnc2cc(OC)cc(OC)c12. The molecule has 96 valence electrons. The van der Waals surface area contributed by atoms with Crippen molar-refractivity contribution in [3.05, 3.63) is 24.4 Å². The van der Waals surface area contributed by atoms with E-state index in [1.54, 1.807) is 20.4 Å². The third kappa shape index (κ3) is 2.32. The van der Waals surface area contributed by atoms with Gasteiger partial charge in [-0.25, -0.2) is 0 Å². The summed E-state index contributed by atoms with van der Waals surface area (Å²) in [6.07, 6.45) is 2.86. The van der Waals surface area contributed by atoms with E-state index in [0.717, 1.165) is 41.1 Å². The maximum Gasteiger partial charge on any atom is 0.134 e. The Morgan fingerprint density at radius 2 is 2.06 bits per heavy atom. The smallest absolute Gasteiger partial charge is 0.134 e. The molecule has 0 bridgehead atoms. The van der Waals surface area contributed by atoms with Crippen molar-refractivity contribution in [3.63, 3.8) is 0 Å². The molecule has 1 aromatic carbocycles. The monoisotopic (exact) mass is 246 g/mol. The summed E-state index contributed by atoms with van der Waals surface area (Å²) in [6, 6.07) is 5.75. The van der Waals surface area contributed by atoms with E-state index in [4.69, 9.17) is 9.47 Å². The summed E-state index contributed by atoms with van der Waals surface area (Å²) in [7, 11) is 3.30. The number of methoxy groups -OCH3 is 2. The maximum atomic E-state index is 5.43. The molecule has 18 heavy (non-hydrogen) atoms. The molecule has 0 atom stereocenters. The number of hydrogen-bond acceptors (Lipinski definition) is 4. The van der Waals surface area contributed by atoms with E-state index >= 15 is 0 Å². The molecular formula is C14H18N2O2. The van der Waals surface area contributed by atoms with Gasteiger partial charge in [-0.1, -0.05) is 6.92 Å². The standard InChI is InChI=1S/C14H18N2O2/c1-4-6-15-11-5-7-16-12-8-10(17-2)9-13(18-3)14(11)12/h5,7-9H,4,6H2,1-3H3,(H,15,16). The van der Waals surface area contributed by atoms with Gasteiger partial charge in [-0.15, -0.1) is 0 Å². The molecule has 4 heteroatoms. The molecule has 0 saturated carbocycles. The molecule has 4 nitrogen and oxygen atoms in total. The minimum atomic E-state index is 0.750. The number of nitrogens with zero attached hydrogens (tertiary/aromatic N) is 1. The minimum absolute atomic E-state index is 0.750. The highest BCUT2D eigenvalue weighted by atomic mass is 16.5. The zero-order valence-corrected chi connectivity index (χ0v) is 11.0. The van der Waals surface area contributed by atoms with Crippen molar-refractivity contribution in [2.45, 2.75) is 13.3 Å². The summed E-state index contributed by atoms with van der Waals surface area (Å²) in [5.41, 5.74) is 1.91. The van der Waals surface area contributed by atoms with Gasteiger partial charge in [-0.3, -0.25) is 4.98 Å². The lowest BCUT2D eigenvalue weighted by Crippen LogP contribution is -2.01. The molecule has 0 amide bonds. The lowest BCUT2D eigenvalue weighted by molar-refractivity contribution is 0.398. The summed E-state index contributed by atoms with van der Waals surface area (Å²) in [5.74, 6) is 1.52. The van der Waals surface area contributed by atoms with Crippen molar-refractivity contribution < 1.29 is 9.47 Å². The van der Waals surface area contributed by atoms with Gasteiger partial charge in [-0.2, -0.15) is 0 Å². The number of pyridine rings is 1. The van der Waals surface area contributed by atoms with Gasteiger partial charge in [0.25, 0.3) is 0 Å². The first-order valence-corrected chi connectivity index (χ1v) is 6.04. The fourth-order valence-electron chi connectivity index (χ4n) is 1.91. The topological polar surface area (TPSA) is 43.4 Å². The Morgan fingerprint density at radius 3 is 2.72 bits per heavy atom. The molecular weight excluding hydrogens is 228 g/mol. The summed E-state index contributed by atoms with van der Waals surface area (Å²) in [4.78, 5) is 4.37. The molecule has 0 saturated heterocycles. The van der Waals surface area contributed by atoms with Crippen LogP contribution in [-0.4, -0.2) is 25.7 Å². The predicted molar refractivity (Wildman–Crippen MR) is 73.6 cm³/mol. The van der Waals surface area contributed by atoms with E-state index in [2.05, 4.69) is 17.2 Å². The van der Waals surface area contributed by atoms with Crippen molar-refractivity contribution in [2.24, 2.45) is 0 Å². The third-order valence-electron chi connectivity index (χ3n) is 2.80. The van der Waals surface area contributed by atoms with Gasteiger partial charge in [0.1, 0.15) is 11.5 Å². The van der Waals surface area contributed by atoms with E-state index in [9.17, 15) is 0 Å². The molecule has 0 aliphatic rings. The number of nitrogens with one attached hydrogen (secondary N) is 1. The first-order chi connectivity index (χ1) is 8.80. The van der Waals surface area contributed by atoms with Crippen molar-refractivity contribution in [1.29, 1.82) is 0 Å². The van der Waals surface area contributed by atoms with E-state index in [1.165, 1.54) is 0 Å². The average molecular weight is 246 g/mol. The van der Waals surface area contributed by atoms with Crippen LogP contribution in [0.4, 0.5) is 5.69 Å². The fourth-order valence-corrected chi connectivity index (χ4v) is 1.91. The van der Waals surface area contributed by atoms with Crippen LogP contribution in [-0.2, 0) is 0 Å². The van der Waals surface area contributed by atoms with Crippen LogP contribution in [0.25, 0.3) is 10.9 Å². The van der Waals surface area contributed by atoms with Crippen LogP contribution in [0.5, 0.6) is 11.5 Å². The van der Waals surface area contributed by atoms with Crippen LogP contribution in [0.2, 0.25) is 0 Å². The first-order valence-electron chi connectivity index (χ1n) is 6.04. The summed E-state index contributed by atoms with van der Waals surface area (Å²) < 4.78 is 10.7. The lowest BCUT2D eigenvalue weighted by atomic mass is 10.1. The fraction of sp³-hybridized carbons (Fsp3) is 0.357. The van der Waals surface area contributed by atoms with Crippen LogP contribution >= 0.6 is 0 Å². The van der Waals surface area contributed by atoms with Gasteiger partial charge in [0, 0.05) is 30.6 Å². The van der Waals surface area contributed by atoms with E-state index < -0.39 is 0 Å². The number of rotatable bonds is 5. The Morgan fingerprint density at radius 1 is 1.22 bits per heavy atom. The van der Waals surface area contributed by atoms with Gasteiger partial charge in [0.15, 0.2) is 0 Å². The van der Waals surface area contributed by atoms with E-state index in [1.807, 2.05) is 18.2 Å². The normalized spacial score (nSPS) is 10.4. The zero-order chi connectivity index (χ0) is 13.0. The zero-order valence-electron chi connectivity index (χ0n) is 11.0. The molecule has 0 spiro atoms. The molecule has 0 radical (unpaired) electrons. The van der Waals surface area contributed by atoms with Gasteiger partial charge < -0.3 is 14.8 Å². The average Bonchev–Trinajstić information content (AvgIpc) is 2.43. The predicted octanol–water partition coefficient (Wildman–Crippen LogP) is 3.07. The highest BCUT2D eigenvalue weighted by Crippen LogP contribution is 2.34. The Labute approximate surface area is 107 Å². The van der Waals surface area contributed by atoms with Gasteiger partial charge in [0.05, 0.1) is 25.1 Å². The first kappa shape index (κ1) is 12.5. The second-order valence-electron chi connectivity index (χ2n) is 4.01. The quantitative estimate of drug-likeness (QED) is 0.880. The second-order valence-corrected chi connectivity index (χ2v) is 4.01. The molecule has 1 heterocycles. The third-order valence-corrected chi connectivity index (χ3v) is 2.80. The lowest BCUT2D eigenvalue weighted by Gasteiger charge is -2.13. The second kappa shape index (κ2) is 5.58. The van der Waals surface area contributed by atoms with Crippen molar-refractivity contribution in [2.75, 3.05) is 26.1 Å². The Kier molecular flexibility index (Phi) is 3.87. The van der Waals surface area contributed by atoms with Crippen LogP contribution in [0.1, 0.15) is 13.3 Å². The van der Waals surface area contributed by atoms with Crippen LogP contribution in [0.15, 0.2) is 24.4 Å². The summed E-state index contributed by atoms with van der Waals surface area (Å²) in [5, 5.41) is 4.38. The van der Waals surface area contributed by atoms with Gasteiger partial charge >= 0.3 is 0 Å². The molecule has 0 unspecified atom stereocenters. The van der Waals surface area contributed by atoms with Crippen LogP contribution in [0, 0.1) is 0 Å². The van der Waals surface area contributed by atoms with Gasteiger partial charge in [-0.05, 0) is 12.5 Å². The van der Waals surface area contributed by atoms with Crippen LogP contribution < -0.4 is 14.8 Å². The number of aromatic nitrogens is 1. The molecule has 2 rings (SSSR count). The maximum absolute atomic E-state index is 5.43. The number of ether oxygens (including phenoxy) is 2.